The van der Waals surface area contributed by atoms with E-state index >= 15 is 0 Å². The highest BCUT2D eigenvalue weighted by Gasteiger charge is 2.09. The molecule has 0 aromatic heterocycles. The number of nitriles is 2. The van der Waals surface area contributed by atoms with Crippen molar-refractivity contribution in [3.05, 3.63) is 69.4 Å². The number of methoxy groups -OCH3 is 1. The fourth-order valence-electron chi connectivity index (χ4n) is 1.92. The molecular formula is C17H11N3O4. The second kappa shape index (κ2) is 7.43. The summed E-state index contributed by atoms with van der Waals surface area (Å²) in [5.41, 5.74) is 1.05. The Hall–Kier alpha value is -3.84. The second-order valence-corrected chi connectivity index (χ2v) is 4.54. The first-order valence-corrected chi connectivity index (χ1v) is 6.69. The minimum atomic E-state index is -0.558. The van der Waals surface area contributed by atoms with Crippen molar-refractivity contribution in [3.63, 3.8) is 0 Å². The van der Waals surface area contributed by atoms with Crippen LogP contribution in [0.4, 0.5) is 0 Å². The van der Waals surface area contributed by atoms with Crippen LogP contribution >= 0.6 is 0 Å². The minimum Gasteiger partial charge on any atom is -0.493 e. The molecule has 0 aliphatic rings. The molecule has 2 aromatic carbocycles. The van der Waals surface area contributed by atoms with E-state index in [4.69, 9.17) is 20.0 Å². The van der Waals surface area contributed by atoms with Crippen LogP contribution in [0.15, 0.2) is 42.6 Å². The van der Waals surface area contributed by atoms with Gasteiger partial charge in [-0.15, -0.1) is 0 Å². The van der Waals surface area contributed by atoms with E-state index in [2.05, 4.69) is 0 Å². The Kier molecular flexibility index (Phi) is 5.12. The van der Waals surface area contributed by atoms with E-state index in [-0.39, 0.29) is 11.1 Å². The van der Waals surface area contributed by atoms with Gasteiger partial charge in [0.05, 0.1) is 23.2 Å². The van der Waals surface area contributed by atoms with Crippen LogP contribution in [0.25, 0.3) is 6.08 Å². The fraction of sp³-hybridized carbons (Fsp3) is 0.0588. The minimum absolute atomic E-state index is 0.208. The Balaban J connectivity index is 2.32. The molecule has 7 nitrogen and oxygen atoms in total. The van der Waals surface area contributed by atoms with Crippen LogP contribution in [-0.2, 0) is 0 Å². The Morgan fingerprint density at radius 1 is 1.08 bits per heavy atom. The third kappa shape index (κ3) is 3.87. The van der Waals surface area contributed by atoms with Gasteiger partial charge in [-0.1, -0.05) is 6.07 Å². The van der Waals surface area contributed by atoms with Crippen molar-refractivity contribution in [1.29, 1.82) is 10.5 Å². The highest BCUT2D eigenvalue weighted by atomic mass is 16.6. The fourth-order valence-corrected chi connectivity index (χ4v) is 1.92. The van der Waals surface area contributed by atoms with Crippen LogP contribution < -0.4 is 9.47 Å². The first kappa shape index (κ1) is 16.5. The zero-order valence-electron chi connectivity index (χ0n) is 12.6. The monoisotopic (exact) mass is 321 g/mol. The van der Waals surface area contributed by atoms with Gasteiger partial charge in [-0.25, -0.2) is 0 Å². The lowest BCUT2D eigenvalue weighted by Gasteiger charge is -2.11. The average Bonchev–Trinajstić information content (AvgIpc) is 2.60. The van der Waals surface area contributed by atoms with Crippen molar-refractivity contribution in [3.8, 4) is 29.4 Å². The molecule has 0 atom stereocenters. The molecule has 0 N–H and O–H groups in total. The van der Waals surface area contributed by atoms with Gasteiger partial charge in [0.25, 0.3) is 0 Å². The molecule has 118 valence electrons. The number of hydrogen-bond donors (Lipinski definition) is 0. The van der Waals surface area contributed by atoms with Gasteiger partial charge in [0, 0.05) is 6.08 Å². The Morgan fingerprint density at radius 3 is 2.46 bits per heavy atom. The van der Waals surface area contributed by atoms with Gasteiger partial charge in [0.15, 0.2) is 11.5 Å². The van der Waals surface area contributed by atoms with E-state index in [1.54, 1.807) is 24.3 Å². The molecule has 0 heterocycles. The average molecular weight is 321 g/mol. The quantitative estimate of drug-likeness (QED) is 0.616. The predicted molar refractivity (Wildman–Crippen MR) is 85.0 cm³/mol. The van der Waals surface area contributed by atoms with Crippen LogP contribution in [0.3, 0.4) is 0 Å². The summed E-state index contributed by atoms with van der Waals surface area (Å²) in [6.45, 7) is 0. The number of nitrogens with zero attached hydrogens (tertiary/aromatic N) is 3. The zero-order chi connectivity index (χ0) is 17.5. The molecule has 2 rings (SSSR count). The molecule has 0 saturated carbocycles. The maximum Gasteiger partial charge on any atom is 0.235 e. The number of ether oxygens (including phenoxy) is 2. The molecule has 0 radical (unpaired) electrons. The summed E-state index contributed by atoms with van der Waals surface area (Å²) in [6, 6.07) is 13.2. The highest BCUT2D eigenvalue weighted by Crippen LogP contribution is 2.33. The largest absolute Gasteiger partial charge is 0.493 e. The number of benzene rings is 2. The third-order valence-corrected chi connectivity index (χ3v) is 3.04. The van der Waals surface area contributed by atoms with Crippen molar-refractivity contribution < 1.29 is 14.4 Å². The van der Waals surface area contributed by atoms with Gasteiger partial charge in [-0.3, -0.25) is 10.1 Å². The SMILES string of the molecule is COc1cc(/C=C/[N+](=O)[O-])ccc1Oc1ccc(C#N)c(C#N)c1. The molecule has 0 amide bonds. The molecule has 0 bridgehead atoms. The van der Waals surface area contributed by atoms with E-state index in [9.17, 15) is 10.1 Å². The molecule has 24 heavy (non-hydrogen) atoms. The Labute approximate surface area is 137 Å². The molecule has 0 saturated heterocycles. The number of rotatable bonds is 5. The maximum atomic E-state index is 10.4. The van der Waals surface area contributed by atoms with Crippen LogP contribution in [0.1, 0.15) is 16.7 Å². The molecule has 7 heteroatoms. The van der Waals surface area contributed by atoms with Crippen molar-refractivity contribution in [1.82, 2.24) is 0 Å². The van der Waals surface area contributed by atoms with Crippen molar-refractivity contribution in [2.24, 2.45) is 0 Å². The van der Waals surface area contributed by atoms with E-state index < -0.39 is 4.92 Å². The summed E-state index contributed by atoms with van der Waals surface area (Å²) in [5, 5.41) is 28.3. The maximum absolute atomic E-state index is 10.4. The molecule has 0 fully saturated rings. The molecular weight excluding hydrogens is 310 g/mol. The Morgan fingerprint density at radius 2 is 1.83 bits per heavy atom. The summed E-state index contributed by atoms with van der Waals surface area (Å²) in [5.74, 6) is 1.13. The predicted octanol–water partition coefficient (Wildman–Crippen LogP) is 3.48. The summed E-state index contributed by atoms with van der Waals surface area (Å²) in [6.07, 6.45) is 2.16. The normalized spacial score (nSPS) is 9.96. The lowest BCUT2D eigenvalue weighted by atomic mass is 10.1. The van der Waals surface area contributed by atoms with Crippen LogP contribution in [-0.4, -0.2) is 12.0 Å². The van der Waals surface area contributed by atoms with Crippen molar-refractivity contribution in [2.75, 3.05) is 7.11 Å². The zero-order valence-corrected chi connectivity index (χ0v) is 12.6. The van der Waals surface area contributed by atoms with E-state index in [0.717, 1.165) is 6.20 Å². The van der Waals surface area contributed by atoms with Crippen LogP contribution in [0, 0.1) is 32.8 Å². The van der Waals surface area contributed by atoms with Crippen LogP contribution in [0.5, 0.6) is 17.2 Å². The topological polar surface area (TPSA) is 109 Å². The standard InChI is InChI=1S/C17H11N3O4/c1-23-17-8-12(6-7-20(21)22)2-5-16(17)24-15-4-3-13(10-18)14(9-15)11-19/h2-9H,1H3/b7-6+. The van der Waals surface area contributed by atoms with Gasteiger partial charge >= 0.3 is 0 Å². The van der Waals surface area contributed by atoms with E-state index in [0.29, 0.717) is 22.8 Å². The van der Waals surface area contributed by atoms with Crippen LogP contribution in [0.2, 0.25) is 0 Å². The van der Waals surface area contributed by atoms with Gasteiger partial charge < -0.3 is 9.47 Å². The van der Waals surface area contributed by atoms with Crippen molar-refractivity contribution >= 4 is 6.08 Å². The van der Waals surface area contributed by atoms with E-state index in [1.165, 1.54) is 25.3 Å². The van der Waals surface area contributed by atoms with Crippen molar-refractivity contribution in [2.45, 2.75) is 0 Å². The third-order valence-electron chi connectivity index (χ3n) is 3.04. The molecule has 2 aromatic rings. The molecule has 0 aliphatic carbocycles. The van der Waals surface area contributed by atoms with Gasteiger partial charge in [0.2, 0.25) is 6.20 Å². The van der Waals surface area contributed by atoms with Gasteiger partial charge in [0.1, 0.15) is 17.9 Å². The summed E-state index contributed by atoms with van der Waals surface area (Å²) in [4.78, 5) is 9.80. The number of nitro groups is 1. The molecule has 0 aliphatic heterocycles. The Bertz CT molecular complexity index is 892. The lowest BCUT2D eigenvalue weighted by Crippen LogP contribution is -1.93. The first-order chi connectivity index (χ1) is 11.6. The summed E-state index contributed by atoms with van der Waals surface area (Å²) < 4.78 is 10.9. The summed E-state index contributed by atoms with van der Waals surface area (Å²) in [7, 11) is 1.45. The van der Waals surface area contributed by atoms with Gasteiger partial charge in [-0.05, 0) is 35.9 Å². The lowest BCUT2D eigenvalue weighted by molar-refractivity contribution is -0.400. The van der Waals surface area contributed by atoms with Gasteiger partial charge in [-0.2, -0.15) is 10.5 Å². The van der Waals surface area contributed by atoms with E-state index in [1.807, 2.05) is 12.1 Å². The summed E-state index contributed by atoms with van der Waals surface area (Å²) >= 11 is 0. The first-order valence-electron chi connectivity index (χ1n) is 6.69. The second-order valence-electron chi connectivity index (χ2n) is 4.54. The number of hydrogen-bond acceptors (Lipinski definition) is 6. The smallest absolute Gasteiger partial charge is 0.235 e. The highest BCUT2D eigenvalue weighted by molar-refractivity contribution is 5.56. The molecule has 0 unspecified atom stereocenters. The molecule has 0 spiro atoms.